The Bertz CT molecular complexity index is 603. The van der Waals surface area contributed by atoms with Crippen LogP contribution in [0.4, 0.5) is 0 Å². The first-order chi connectivity index (χ1) is 9.00. The fourth-order valence-electron chi connectivity index (χ4n) is 2.66. The molecule has 0 bridgehead atoms. The zero-order chi connectivity index (χ0) is 13.6. The second-order valence-electron chi connectivity index (χ2n) is 5.65. The Balaban J connectivity index is 2.05. The molecule has 0 fully saturated rings. The van der Waals surface area contributed by atoms with Crippen LogP contribution in [0.1, 0.15) is 25.8 Å². The van der Waals surface area contributed by atoms with Crippen molar-refractivity contribution >= 4 is 11.5 Å². The van der Waals surface area contributed by atoms with Gasteiger partial charge in [0.2, 0.25) is 0 Å². The van der Waals surface area contributed by atoms with Crippen molar-refractivity contribution in [3.63, 3.8) is 0 Å². The Hall–Kier alpha value is -2.03. The predicted octanol–water partition coefficient (Wildman–Crippen LogP) is 3.32. The van der Waals surface area contributed by atoms with E-state index in [0.717, 1.165) is 29.1 Å². The van der Waals surface area contributed by atoms with Gasteiger partial charge in [-0.3, -0.25) is 0 Å². The number of hydrogen-bond acceptors (Lipinski definition) is 3. The lowest BCUT2D eigenvalue weighted by Gasteiger charge is -2.13. The third-order valence-electron chi connectivity index (χ3n) is 3.54. The van der Waals surface area contributed by atoms with Crippen molar-refractivity contribution in [2.24, 2.45) is 5.41 Å². The van der Waals surface area contributed by atoms with Gasteiger partial charge in [-0.15, -0.1) is 0 Å². The highest BCUT2D eigenvalue weighted by Gasteiger charge is 2.39. The van der Waals surface area contributed by atoms with Gasteiger partial charge in [0.1, 0.15) is 11.5 Å². The summed E-state index contributed by atoms with van der Waals surface area (Å²) in [6.07, 6.45) is 2.88. The monoisotopic (exact) mass is 256 g/mol. The molecule has 19 heavy (non-hydrogen) atoms. The highest BCUT2D eigenvalue weighted by Crippen LogP contribution is 2.47. The van der Waals surface area contributed by atoms with Crippen molar-refractivity contribution in [2.75, 3.05) is 7.11 Å². The molecular formula is C16H16O3. The molecule has 3 heteroatoms. The minimum atomic E-state index is -0.248. The molecule has 0 saturated heterocycles. The molecule has 1 heterocycles. The van der Waals surface area contributed by atoms with Gasteiger partial charge >= 0.3 is 5.97 Å². The van der Waals surface area contributed by atoms with Crippen LogP contribution in [0.3, 0.4) is 0 Å². The summed E-state index contributed by atoms with van der Waals surface area (Å²) < 4.78 is 10.5. The maximum absolute atomic E-state index is 12.0. The molecule has 0 radical (unpaired) electrons. The van der Waals surface area contributed by atoms with Crippen molar-refractivity contribution in [1.29, 1.82) is 0 Å². The van der Waals surface area contributed by atoms with Crippen LogP contribution in [0, 0.1) is 5.41 Å². The van der Waals surface area contributed by atoms with Crippen LogP contribution in [0.15, 0.2) is 41.7 Å². The van der Waals surface area contributed by atoms with Gasteiger partial charge in [0.25, 0.3) is 0 Å². The van der Waals surface area contributed by atoms with E-state index in [1.807, 2.05) is 30.3 Å². The van der Waals surface area contributed by atoms with Gasteiger partial charge in [-0.2, -0.15) is 0 Å². The Morgan fingerprint density at radius 1 is 1.21 bits per heavy atom. The summed E-state index contributed by atoms with van der Waals surface area (Å²) >= 11 is 0. The first-order valence-electron chi connectivity index (χ1n) is 6.33. The van der Waals surface area contributed by atoms with Gasteiger partial charge in [0.15, 0.2) is 0 Å². The predicted molar refractivity (Wildman–Crippen MR) is 72.5 cm³/mol. The second kappa shape index (κ2) is 3.98. The lowest BCUT2D eigenvalue weighted by Crippen LogP contribution is -2.05. The van der Waals surface area contributed by atoms with Crippen LogP contribution < -0.4 is 4.74 Å². The molecule has 0 aromatic heterocycles. The van der Waals surface area contributed by atoms with E-state index in [1.54, 1.807) is 7.11 Å². The first kappa shape index (κ1) is 12.0. The average Bonchev–Trinajstić information content (AvgIpc) is 2.79. The molecule has 0 amide bonds. The van der Waals surface area contributed by atoms with Crippen molar-refractivity contribution in [3.8, 4) is 5.75 Å². The summed E-state index contributed by atoms with van der Waals surface area (Å²) in [7, 11) is 1.63. The zero-order valence-electron chi connectivity index (χ0n) is 11.3. The van der Waals surface area contributed by atoms with Gasteiger partial charge in [-0.1, -0.05) is 26.0 Å². The van der Waals surface area contributed by atoms with Gasteiger partial charge in [-0.05, 0) is 35.6 Å². The molecule has 0 atom stereocenters. The van der Waals surface area contributed by atoms with Gasteiger partial charge in [0, 0.05) is 5.57 Å². The van der Waals surface area contributed by atoms with Crippen LogP contribution in [0.5, 0.6) is 5.75 Å². The van der Waals surface area contributed by atoms with E-state index in [-0.39, 0.29) is 11.4 Å². The largest absolute Gasteiger partial charge is 0.497 e. The van der Waals surface area contributed by atoms with Crippen LogP contribution >= 0.6 is 0 Å². The Morgan fingerprint density at radius 3 is 2.53 bits per heavy atom. The maximum Gasteiger partial charge on any atom is 0.344 e. The Kier molecular flexibility index (Phi) is 2.52. The SMILES string of the molecule is COc1ccc(C2=C3CC(C)(C)C=C3OC2=O)cc1. The second-order valence-corrected chi connectivity index (χ2v) is 5.65. The van der Waals surface area contributed by atoms with Gasteiger partial charge in [-0.25, -0.2) is 4.79 Å². The molecule has 1 aromatic carbocycles. The molecule has 0 unspecified atom stereocenters. The minimum absolute atomic E-state index is 0.0586. The number of rotatable bonds is 2. The third-order valence-corrected chi connectivity index (χ3v) is 3.54. The molecule has 0 saturated carbocycles. The molecule has 1 aliphatic carbocycles. The standard InChI is InChI=1S/C16H16O3/c1-16(2)8-12-13(9-16)19-15(17)14(12)10-4-6-11(18-3)7-5-10/h4-7,9H,8H2,1-3H3. The highest BCUT2D eigenvalue weighted by atomic mass is 16.5. The van der Waals surface area contributed by atoms with E-state index in [0.29, 0.717) is 5.57 Å². The third kappa shape index (κ3) is 1.95. The summed E-state index contributed by atoms with van der Waals surface area (Å²) in [5, 5.41) is 0. The molecule has 98 valence electrons. The van der Waals surface area contributed by atoms with E-state index >= 15 is 0 Å². The molecule has 3 rings (SSSR count). The molecular weight excluding hydrogens is 240 g/mol. The van der Waals surface area contributed by atoms with Crippen molar-refractivity contribution in [3.05, 3.63) is 47.2 Å². The maximum atomic E-state index is 12.0. The summed E-state index contributed by atoms with van der Waals surface area (Å²) in [5.41, 5.74) is 2.67. The number of ether oxygens (including phenoxy) is 2. The fourth-order valence-corrected chi connectivity index (χ4v) is 2.66. The summed E-state index contributed by atoms with van der Waals surface area (Å²) in [6, 6.07) is 7.52. The summed E-state index contributed by atoms with van der Waals surface area (Å²) in [4.78, 5) is 12.0. The fraction of sp³-hybridized carbons (Fsp3) is 0.312. The smallest absolute Gasteiger partial charge is 0.344 e. The van der Waals surface area contributed by atoms with Gasteiger partial charge < -0.3 is 9.47 Å². The quantitative estimate of drug-likeness (QED) is 0.761. The number of hydrogen-bond donors (Lipinski definition) is 0. The lowest BCUT2D eigenvalue weighted by atomic mass is 9.90. The number of fused-ring (bicyclic) bond motifs is 1. The number of methoxy groups -OCH3 is 1. The first-order valence-corrected chi connectivity index (χ1v) is 6.33. The number of allylic oxidation sites excluding steroid dienone is 2. The topological polar surface area (TPSA) is 35.5 Å². The summed E-state index contributed by atoms with van der Waals surface area (Å²) in [5.74, 6) is 1.27. The van der Waals surface area contributed by atoms with Crippen LogP contribution in [-0.4, -0.2) is 13.1 Å². The van der Waals surface area contributed by atoms with E-state index in [4.69, 9.17) is 9.47 Å². The Labute approximate surface area is 112 Å². The van der Waals surface area contributed by atoms with Gasteiger partial charge in [0.05, 0.1) is 12.7 Å². The molecule has 3 nitrogen and oxygen atoms in total. The molecule has 2 aliphatic rings. The minimum Gasteiger partial charge on any atom is -0.497 e. The zero-order valence-corrected chi connectivity index (χ0v) is 11.3. The number of carbonyl (C=O) groups excluding carboxylic acids is 1. The van der Waals surface area contributed by atoms with E-state index < -0.39 is 0 Å². The average molecular weight is 256 g/mol. The van der Waals surface area contributed by atoms with E-state index in [2.05, 4.69) is 13.8 Å². The highest BCUT2D eigenvalue weighted by molar-refractivity contribution is 6.21. The van der Waals surface area contributed by atoms with Crippen LogP contribution in [-0.2, 0) is 9.53 Å². The number of benzene rings is 1. The molecule has 0 spiro atoms. The van der Waals surface area contributed by atoms with Crippen LogP contribution in [0.2, 0.25) is 0 Å². The summed E-state index contributed by atoms with van der Waals surface area (Å²) in [6.45, 7) is 4.29. The lowest BCUT2D eigenvalue weighted by molar-refractivity contribution is -0.131. The van der Waals surface area contributed by atoms with Crippen molar-refractivity contribution in [1.82, 2.24) is 0 Å². The van der Waals surface area contributed by atoms with E-state index in [9.17, 15) is 4.79 Å². The van der Waals surface area contributed by atoms with Crippen LogP contribution in [0.25, 0.3) is 5.57 Å². The van der Waals surface area contributed by atoms with Crippen molar-refractivity contribution in [2.45, 2.75) is 20.3 Å². The number of carbonyl (C=O) groups is 1. The normalized spacial score (nSPS) is 20.2. The molecule has 1 aliphatic heterocycles. The number of esters is 1. The Morgan fingerprint density at radius 2 is 1.89 bits per heavy atom. The van der Waals surface area contributed by atoms with Crippen molar-refractivity contribution < 1.29 is 14.3 Å². The molecule has 1 aromatic rings. The molecule has 0 N–H and O–H groups in total. The van der Waals surface area contributed by atoms with E-state index in [1.165, 1.54) is 0 Å².